The van der Waals surface area contributed by atoms with E-state index in [4.69, 9.17) is 0 Å². The molecule has 0 spiro atoms. The van der Waals surface area contributed by atoms with E-state index in [0.717, 1.165) is 12.2 Å². The van der Waals surface area contributed by atoms with E-state index in [2.05, 4.69) is 27.8 Å². The van der Waals surface area contributed by atoms with Crippen LogP contribution in [0.1, 0.15) is 12.5 Å². The van der Waals surface area contributed by atoms with Crippen molar-refractivity contribution in [2.24, 2.45) is 0 Å². The predicted molar refractivity (Wildman–Crippen MR) is 129 cm³/mol. The van der Waals surface area contributed by atoms with Crippen molar-refractivity contribution in [1.29, 1.82) is 0 Å². The average Bonchev–Trinajstić information content (AvgIpc) is 2.81. The Morgan fingerprint density at radius 3 is 2.53 bits per heavy atom. The van der Waals surface area contributed by atoms with E-state index in [-0.39, 0.29) is 23.0 Å². The Kier molecular flexibility index (Phi) is 8.58. The summed E-state index contributed by atoms with van der Waals surface area (Å²) in [5, 5.41) is 5.49. The number of hydrogen-bond donors (Lipinski definition) is 2. The third-order valence-electron chi connectivity index (χ3n) is 5.07. The second kappa shape index (κ2) is 11.6. The SMILES string of the molecule is CNC(C)C(=O)Nc1cnc(-c2ccc(F)cc2)n(CCSCCc2ccccc2)c1=O. The molecule has 32 heavy (non-hydrogen) atoms. The predicted octanol–water partition coefficient (Wildman–Crippen LogP) is 3.57. The van der Waals surface area contributed by atoms with Crippen molar-refractivity contribution in [3.05, 3.63) is 82.5 Å². The molecule has 2 N–H and O–H groups in total. The largest absolute Gasteiger partial charge is 0.319 e. The molecule has 0 fully saturated rings. The second-order valence-electron chi connectivity index (χ2n) is 7.31. The second-order valence-corrected chi connectivity index (χ2v) is 8.53. The molecule has 0 aliphatic heterocycles. The van der Waals surface area contributed by atoms with Gasteiger partial charge in [0, 0.05) is 17.9 Å². The number of carbonyl (C=O) groups is 1. The van der Waals surface area contributed by atoms with Gasteiger partial charge in [0.2, 0.25) is 5.91 Å². The van der Waals surface area contributed by atoms with Gasteiger partial charge in [0.15, 0.2) is 0 Å². The third-order valence-corrected chi connectivity index (χ3v) is 6.03. The summed E-state index contributed by atoms with van der Waals surface area (Å²) in [6.45, 7) is 2.13. The van der Waals surface area contributed by atoms with E-state index in [9.17, 15) is 14.0 Å². The Morgan fingerprint density at radius 1 is 1.12 bits per heavy atom. The number of nitrogens with one attached hydrogen (secondary N) is 2. The normalized spacial score (nSPS) is 11.8. The Hall–Kier alpha value is -2.97. The van der Waals surface area contributed by atoms with Gasteiger partial charge in [-0.1, -0.05) is 30.3 Å². The highest BCUT2D eigenvalue weighted by molar-refractivity contribution is 7.99. The average molecular weight is 455 g/mol. The molecule has 3 rings (SSSR count). The van der Waals surface area contributed by atoms with Crippen LogP contribution in [0.25, 0.3) is 11.4 Å². The molecule has 6 nitrogen and oxygen atoms in total. The lowest BCUT2D eigenvalue weighted by Crippen LogP contribution is -2.38. The number of halogens is 1. The van der Waals surface area contributed by atoms with E-state index in [1.165, 1.54) is 23.9 Å². The first-order chi connectivity index (χ1) is 15.5. The molecule has 0 aliphatic carbocycles. The Balaban J connectivity index is 1.77. The maximum absolute atomic E-state index is 13.4. The van der Waals surface area contributed by atoms with Crippen LogP contribution in [0.4, 0.5) is 10.1 Å². The lowest BCUT2D eigenvalue weighted by atomic mass is 10.2. The molecule has 1 unspecified atom stereocenters. The zero-order valence-corrected chi connectivity index (χ0v) is 19.0. The number of anilines is 1. The van der Waals surface area contributed by atoms with Gasteiger partial charge in [0.05, 0.1) is 12.2 Å². The molecule has 1 aromatic heterocycles. The van der Waals surface area contributed by atoms with Gasteiger partial charge in [-0.2, -0.15) is 11.8 Å². The fourth-order valence-corrected chi connectivity index (χ4v) is 3.98. The molecule has 0 saturated heterocycles. The number of thioether (sulfide) groups is 1. The highest BCUT2D eigenvalue weighted by Crippen LogP contribution is 2.18. The summed E-state index contributed by atoms with van der Waals surface area (Å²) in [5.41, 5.74) is 1.70. The monoisotopic (exact) mass is 454 g/mol. The topological polar surface area (TPSA) is 76.0 Å². The molecular weight excluding hydrogens is 427 g/mol. The van der Waals surface area contributed by atoms with Crippen molar-refractivity contribution >= 4 is 23.4 Å². The number of likely N-dealkylation sites (N-methyl/N-ethyl adjacent to an activating group) is 1. The van der Waals surface area contributed by atoms with Gasteiger partial charge in [0.1, 0.15) is 17.3 Å². The summed E-state index contributed by atoms with van der Waals surface area (Å²) in [6, 6.07) is 15.7. The third kappa shape index (κ3) is 6.27. The van der Waals surface area contributed by atoms with Gasteiger partial charge in [-0.3, -0.25) is 14.2 Å². The Morgan fingerprint density at radius 2 is 1.84 bits per heavy atom. The molecule has 0 saturated carbocycles. The van der Waals surface area contributed by atoms with E-state index in [0.29, 0.717) is 23.7 Å². The van der Waals surface area contributed by atoms with Crippen LogP contribution < -0.4 is 16.2 Å². The van der Waals surface area contributed by atoms with Crippen LogP contribution in [-0.2, 0) is 17.8 Å². The van der Waals surface area contributed by atoms with E-state index < -0.39 is 6.04 Å². The number of hydrogen-bond acceptors (Lipinski definition) is 5. The standard InChI is InChI=1S/C24H27FN4O2S/c1-17(26-2)23(30)28-21-16-27-22(19-8-10-20(25)11-9-19)29(24(21)31)13-15-32-14-12-18-6-4-3-5-7-18/h3-11,16-17,26H,12-15H2,1-2H3,(H,28,30). The van der Waals surface area contributed by atoms with Crippen LogP contribution >= 0.6 is 11.8 Å². The van der Waals surface area contributed by atoms with Gasteiger partial charge in [-0.25, -0.2) is 9.37 Å². The molecule has 0 aliphatic rings. The summed E-state index contributed by atoms with van der Waals surface area (Å²) < 4.78 is 14.9. The highest BCUT2D eigenvalue weighted by atomic mass is 32.2. The van der Waals surface area contributed by atoms with Gasteiger partial charge in [-0.15, -0.1) is 0 Å². The first-order valence-corrected chi connectivity index (χ1v) is 11.6. The fraction of sp³-hybridized carbons (Fsp3) is 0.292. The first-order valence-electron chi connectivity index (χ1n) is 10.4. The molecule has 2 aromatic carbocycles. The van der Waals surface area contributed by atoms with Crippen molar-refractivity contribution < 1.29 is 9.18 Å². The quantitative estimate of drug-likeness (QED) is 0.458. The highest BCUT2D eigenvalue weighted by Gasteiger charge is 2.16. The van der Waals surface area contributed by atoms with E-state index in [1.54, 1.807) is 42.4 Å². The number of aromatic nitrogens is 2. The van der Waals surface area contributed by atoms with Crippen molar-refractivity contribution in [3.8, 4) is 11.4 Å². The van der Waals surface area contributed by atoms with Crippen LogP contribution in [-0.4, -0.2) is 40.1 Å². The minimum absolute atomic E-state index is 0.122. The van der Waals surface area contributed by atoms with Crippen molar-refractivity contribution in [3.63, 3.8) is 0 Å². The summed E-state index contributed by atoms with van der Waals surface area (Å²) >= 11 is 1.74. The molecule has 0 bridgehead atoms. The van der Waals surface area contributed by atoms with Gasteiger partial charge in [0.25, 0.3) is 5.56 Å². The van der Waals surface area contributed by atoms with Crippen molar-refractivity contribution in [1.82, 2.24) is 14.9 Å². The van der Waals surface area contributed by atoms with Gasteiger partial charge < -0.3 is 10.6 Å². The number of carbonyl (C=O) groups excluding carboxylic acids is 1. The number of nitrogens with zero attached hydrogens (tertiary/aromatic N) is 2. The van der Waals surface area contributed by atoms with Crippen LogP contribution in [0.2, 0.25) is 0 Å². The maximum Gasteiger partial charge on any atom is 0.277 e. The molecule has 168 valence electrons. The van der Waals surface area contributed by atoms with Gasteiger partial charge >= 0.3 is 0 Å². The van der Waals surface area contributed by atoms with Crippen LogP contribution in [0.3, 0.4) is 0 Å². The number of rotatable bonds is 10. The lowest BCUT2D eigenvalue weighted by molar-refractivity contribution is -0.117. The molecule has 3 aromatic rings. The summed E-state index contributed by atoms with van der Waals surface area (Å²) in [7, 11) is 1.67. The fourth-order valence-electron chi connectivity index (χ4n) is 3.08. The van der Waals surface area contributed by atoms with E-state index >= 15 is 0 Å². The molecule has 1 heterocycles. The first kappa shape index (κ1) is 23.7. The maximum atomic E-state index is 13.4. The summed E-state index contributed by atoms with van der Waals surface area (Å²) in [5.74, 6) is 1.40. The van der Waals surface area contributed by atoms with Crippen molar-refractivity contribution in [2.75, 3.05) is 23.9 Å². The zero-order chi connectivity index (χ0) is 22.9. The molecule has 1 atom stereocenters. The summed E-state index contributed by atoms with van der Waals surface area (Å²) in [6.07, 6.45) is 2.31. The van der Waals surface area contributed by atoms with Crippen LogP contribution in [0.5, 0.6) is 0 Å². The van der Waals surface area contributed by atoms with Gasteiger partial charge in [-0.05, 0) is 56.0 Å². The van der Waals surface area contributed by atoms with E-state index in [1.807, 2.05) is 18.2 Å². The number of aryl methyl sites for hydroxylation is 1. The Bertz CT molecular complexity index is 1090. The van der Waals surface area contributed by atoms with Crippen LogP contribution in [0, 0.1) is 5.82 Å². The molecule has 8 heteroatoms. The Labute approximate surface area is 191 Å². The summed E-state index contributed by atoms with van der Waals surface area (Å²) in [4.78, 5) is 29.8. The smallest absolute Gasteiger partial charge is 0.277 e. The molecular formula is C24H27FN4O2S. The molecule has 0 radical (unpaired) electrons. The minimum Gasteiger partial charge on any atom is -0.319 e. The zero-order valence-electron chi connectivity index (χ0n) is 18.2. The minimum atomic E-state index is -0.451. The van der Waals surface area contributed by atoms with Crippen LogP contribution in [0.15, 0.2) is 65.6 Å². The van der Waals surface area contributed by atoms with Crippen molar-refractivity contribution in [2.45, 2.75) is 25.9 Å². The lowest BCUT2D eigenvalue weighted by Gasteiger charge is -2.15. The number of benzene rings is 2. The molecule has 1 amide bonds. The number of amides is 1.